The third kappa shape index (κ3) is 2.20. The molecule has 6 heteroatoms. The van der Waals surface area contributed by atoms with E-state index in [0.29, 0.717) is 11.1 Å². The Balaban J connectivity index is 2.53. The summed E-state index contributed by atoms with van der Waals surface area (Å²) in [7, 11) is 0. The van der Waals surface area contributed by atoms with E-state index in [1.165, 1.54) is 30.5 Å². The number of nitrogens with zero attached hydrogens (tertiary/aromatic N) is 1. The minimum absolute atomic E-state index is 0.396. The van der Waals surface area contributed by atoms with Crippen LogP contribution < -0.4 is 5.56 Å². The van der Waals surface area contributed by atoms with Crippen molar-refractivity contribution in [2.24, 2.45) is 0 Å². The number of aromatic nitrogens is 1. The Labute approximate surface area is 94.7 Å². The first-order valence-corrected chi connectivity index (χ1v) is 4.71. The fourth-order valence-electron chi connectivity index (χ4n) is 1.42. The molecule has 1 N–H and O–H groups in total. The van der Waals surface area contributed by atoms with E-state index >= 15 is 0 Å². The van der Waals surface area contributed by atoms with E-state index in [1.807, 2.05) is 0 Å². The number of H-pyrrole nitrogens is 1. The van der Waals surface area contributed by atoms with Gasteiger partial charge in [-0.05, 0) is 17.7 Å². The van der Waals surface area contributed by atoms with E-state index in [2.05, 4.69) is 4.98 Å². The molecule has 0 aliphatic carbocycles. The van der Waals surface area contributed by atoms with Gasteiger partial charge in [0.05, 0.1) is 4.92 Å². The van der Waals surface area contributed by atoms with Gasteiger partial charge >= 0.3 is 11.2 Å². The maximum atomic E-state index is 12.7. The molecule has 0 fully saturated rings. The molecular formula is C11H7FN2O3. The zero-order chi connectivity index (χ0) is 12.4. The highest BCUT2D eigenvalue weighted by Gasteiger charge is 2.13. The number of nitrogens with one attached hydrogen (secondary N) is 1. The molecular weight excluding hydrogens is 227 g/mol. The number of hydrogen-bond donors (Lipinski definition) is 1. The first kappa shape index (κ1) is 11.0. The van der Waals surface area contributed by atoms with Gasteiger partial charge in [-0.2, -0.15) is 0 Å². The molecule has 2 aromatic rings. The first-order chi connectivity index (χ1) is 8.08. The van der Waals surface area contributed by atoms with Crippen LogP contribution in [0.4, 0.5) is 10.1 Å². The third-order valence-electron chi connectivity index (χ3n) is 2.26. The Morgan fingerprint density at radius 1 is 1.18 bits per heavy atom. The van der Waals surface area contributed by atoms with Gasteiger partial charge in [-0.25, -0.2) is 4.39 Å². The summed E-state index contributed by atoms with van der Waals surface area (Å²) in [4.78, 5) is 23.2. The molecule has 0 atom stereocenters. The lowest BCUT2D eigenvalue weighted by atomic mass is 10.1. The quantitative estimate of drug-likeness (QED) is 0.638. The molecule has 0 amide bonds. The molecule has 1 aromatic carbocycles. The Kier molecular flexibility index (Phi) is 2.70. The Morgan fingerprint density at radius 2 is 1.82 bits per heavy atom. The molecule has 86 valence electrons. The Bertz CT molecular complexity index is 619. The highest BCUT2D eigenvalue weighted by molar-refractivity contribution is 5.64. The molecule has 1 heterocycles. The summed E-state index contributed by atoms with van der Waals surface area (Å²) in [5.74, 6) is -0.396. The lowest BCUT2D eigenvalue weighted by Crippen LogP contribution is -2.10. The summed E-state index contributed by atoms with van der Waals surface area (Å²) in [5.41, 5.74) is -0.255. The number of rotatable bonds is 2. The van der Waals surface area contributed by atoms with Gasteiger partial charge in [-0.15, -0.1) is 0 Å². The second-order valence-electron chi connectivity index (χ2n) is 3.37. The Hall–Kier alpha value is -2.50. The number of benzene rings is 1. The van der Waals surface area contributed by atoms with Gasteiger partial charge in [-0.1, -0.05) is 12.1 Å². The van der Waals surface area contributed by atoms with Crippen molar-refractivity contribution >= 4 is 5.69 Å². The summed E-state index contributed by atoms with van der Waals surface area (Å²) < 4.78 is 12.7. The number of nitro groups is 1. The van der Waals surface area contributed by atoms with Crippen LogP contribution in [0.2, 0.25) is 0 Å². The summed E-state index contributed by atoms with van der Waals surface area (Å²) in [6.07, 6.45) is 1.35. The molecule has 5 nitrogen and oxygen atoms in total. The van der Waals surface area contributed by atoms with Gasteiger partial charge in [0.2, 0.25) is 0 Å². The zero-order valence-corrected chi connectivity index (χ0v) is 8.51. The summed E-state index contributed by atoms with van der Waals surface area (Å²) >= 11 is 0. The molecule has 0 bridgehead atoms. The van der Waals surface area contributed by atoms with Crippen molar-refractivity contribution in [3.63, 3.8) is 0 Å². The lowest BCUT2D eigenvalue weighted by Gasteiger charge is -2.00. The predicted molar refractivity (Wildman–Crippen MR) is 59.1 cm³/mol. The normalized spacial score (nSPS) is 10.2. The molecule has 0 aliphatic rings. The standard InChI is InChI=1S/C11H7FN2O3/c12-9-3-1-7(2-4-9)8-5-10(14(16)17)11(15)13-6-8/h1-6H,(H,13,15). The monoisotopic (exact) mass is 234 g/mol. The fourth-order valence-corrected chi connectivity index (χ4v) is 1.42. The van der Waals surface area contributed by atoms with Crippen LogP contribution in [0.1, 0.15) is 0 Å². The van der Waals surface area contributed by atoms with Crippen molar-refractivity contribution in [1.82, 2.24) is 4.98 Å². The summed E-state index contributed by atoms with van der Waals surface area (Å²) in [6, 6.07) is 6.60. The van der Waals surface area contributed by atoms with Gasteiger partial charge in [0, 0.05) is 17.8 Å². The van der Waals surface area contributed by atoms with Crippen molar-refractivity contribution < 1.29 is 9.31 Å². The zero-order valence-electron chi connectivity index (χ0n) is 8.51. The van der Waals surface area contributed by atoms with Crippen molar-refractivity contribution in [3.05, 3.63) is 62.8 Å². The van der Waals surface area contributed by atoms with Crippen molar-refractivity contribution in [1.29, 1.82) is 0 Å². The molecule has 0 unspecified atom stereocenters. The fraction of sp³-hybridized carbons (Fsp3) is 0. The van der Waals surface area contributed by atoms with Crippen LogP contribution in [0.3, 0.4) is 0 Å². The average Bonchev–Trinajstić information content (AvgIpc) is 2.30. The SMILES string of the molecule is O=c1[nH]cc(-c2ccc(F)cc2)cc1[N+](=O)[O-]. The van der Waals surface area contributed by atoms with E-state index in [-0.39, 0.29) is 0 Å². The van der Waals surface area contributed by atoms with Gasteiger partial charge in [0.15, 0.2) is 0 Å². The topological polar surface area (TPSA) is 76.0 Å². The number of halogens is 1. The first-order valence-electron chi connectivity index (χ1n) is 4.71. The molecule has 0 aliphatic heterocycles. The Morgan fingerprint density at radius 3 is 2.41 bits per heavy atom. The van der Waals surface area contributed by atoms with E-state index < -0.39 is 22.0 Å². The van der Waals surface area contributed by atoms with E-state index in [1.54, 1.807) is 0 Å². The molecule has 0 spiro atoms. The molecule has 17 heavy (non-hydrogen) atoms. The molecule has 0 radical (unpaired) electrons. The van der Waals surface area contributed by atoms with Crippen molar-refractivity contribution in [3.8, 4) is 11.1 Å². The van der Waals surface area contributed by atoms with E-state index in [9.17, 15) is 19.3 Å². The van der Waals surface area contributed by atoms with Crippen LogP contribution >= 0.6 is 0 Å². The maximum Gasteiger partial charge on any atom is 0.334 e. The van der Waals surface area contributed by atoms with Crippen molar-refractivity contribution in [2.45, 2.75) is 0 Å². The predicted octanol–water partition coefficient (Wildman–Crippen LogP) is 2.09. The van der Waals surface area contributed by atoms with Crippen LogP contribution in [0.5, 0.6) is 0 Å². The lowest BCUT2D eigenvalue weighted by molar-refractivity contribution is -0.386. The average molecular weight is 234 g/mol. The molecule has 2 rings (SSSR count). The van der Waals surface area contributed by atoms with Gasteiger partial charge in [0.25, 0.3) is 0 Å². The molecule has 0 saturated heterocycles. The highest BCUT2D eigenvalue weighted by Crippen LogP contribution is 2.20. The summed E-state index contributed by atoms with van der Waals surface area (Å²) in [5, 5.41) is 10.6. The van der Waals surface area contributed by atoms with Crippen LogP contribution in [-0.2, 0) is 0 Å². The second kappa shape index (κ2) is 4.17. The van der Waals surface area contributed by atoms with Gasteiger partial charge in [-0.3, -0.25) is 14.9 Å². The van der Waals surface area contributed by atoms with Crippen LogP contribution in [-0.4, -0.2) is 9.91 Å². The molecule has 1 aromatic heterocycles. The van der Waals surface area contributed by atoms with Crippen molar-refractivity contribution in [2.75, 3.05) is 0 Å². The third-order valence-corrected chi connectivity index (χ3v) is 2.26. The van der Waals surface area contributed by atoms with Gasteiger partial charge < -0.3 is 4.98 Å². The largest absolute Gasteiger partial charge is 0.334 e. The number of hydrogen-bond acceptors (Lipinski definition) is 3. The number of pyridine rings is 1. The maximum absolute atomic E-state index is 12.7. The smallest absolute Gasteiger partial charge is 0.323 e. The molecule has 0 saturated carbocycles. The minimum Gasteiger partial charge on any atom is -0.323 e. The second-order valence-corrected chi connectivity index (χ2v) is 3.37. The number of aromatic amines is 1. The highest BCUT2D eigenvalue weighted by atomic mass is 19.1. The van der Waals surface area contributed by atoms with Gasteiger partial charge in [0.1, 0.15) is 5.82 Å². The minimum atomic E-state index is -0.763. The summed E-state index contributed by atoms with van der Waals surface area (Å²) in [6.45, 7) is 0. The van der Waals surface area contributed by atoms with E-state index in [0.717, 1.165) is 6.07 Å². The van der Waals surface area contributed by atoms with Crippen LogP contribution in [0.25, 0.3) is 11.1 Å². The van der Waals surface area contributed by atoms with Crippen LogP contribution in [0.15, 0.2) is 41.3 Å². The van der Waals surface area contributed by atoms with E-state index in [4.69, 9.17) is 0 Å². The van der Waals surface area contributed by atoms with Crippen LogP contribution in [0, 0.1) is 15.9 Å².